The van der Waals surface area contributed by atoms with Crippen molar-refractivity contribution in [1.29, 1.82) is 0 Å². The fourth-order valence-electron chi connectivity index (χ4n) is 6.52. The lowest BCUT2D eigenvalue weighted by Crippen LogP contribution is -2.63. The second-order valence-electron chi connectivity index (χ2n) is 11.9. The van der Waals surface area contributed by atoms with Gasteiger partial charge in [-0.05, 0) is 12.8 Å². The Hall–Kier alpha value is -3.87. The molecule has 0 saturated carbocycles. The predicted octanol–water partition coefficient (Wildman–Crippen LogP) is 4.93. The quantitative estimate of drug-likeness (QED) is 0.226. The minimum absolute atomic E-state index is 0.0873. The Morgan fingerprint density at radius 3 is 2.02 bits per heavy atom. The van der Waals surface area contributed by atoms with Crippen molar-refractivity contribution < 1.29 is 19.0 Å². The molecule has 0 spiro atoms. The largest absolute Gasteiger partial charge is 0.480 e. The van der Waals surface area contributed by atoms with Gasteiger partial charge in [0.1, 0.15) is 11.4 Å². The van der Waals surface area contributed by atoms with Crippen LogP contribution in [0.4, 0.5) is 0 Å². The molecule has 47 heavy (non-hydrogen) atoms. The molecule has 3 fully saturated rings. The number of benzene rings is 2. The highest BCUT2D eigenvalue weighted by Crippen LogP contribution is 2.42. The summed E-state index contributed by atoms with van der Waals surface area (Å²) >= 11 is 14.1. The average molecular weight is 677 g/mol. The van der Waals surface area contributed by atoms with Crippen LogP contribution in [0.2, 0.25) is 10.0 Å². The third kappa shape index (κ3) is 6.38. The summed E-state index contributed by atoms with van der Waals surface area (Å²) < 4.78 is 16.9. The molecule has 3 aliphatic rings. The zero-order valence-corrected chi connectivity index (χ0v) is 27.6. The Morgan fingerprint density at radius 2 is 1.47 bits per heavy atom. The van der Waals surface area contributed by atoms with Gasteiger partial charge >= 0.3 is 0 Å². The normalized spacial score (nSPS) is 20.5. The standard InChI is InChI=1S/C34H35Cl2N7O4/c1-45-33-28(13-37-12-19-9-10-30(44)40-19)38-14-26(41-33)24-7-3-5-22(31(24)35)23-6-4-8-25(32(23)36)27-15-39-29(34(42-27)46-2)16-43-20-11-21(43)18-47-17-20/h3-8,14-15,19-21,37H,9-13,16-18H2,1-2H3,(H,40,44). The Bertz CT molecular complexity index is 1790. The number of nitrogens with zero attached hydrogens (tertiary/aromatic N) is 5. The van der Waals surface area contributed by atoms with Gasteiger partial charge in [0, 0.05) is 66.4 Å². The number of rotatable bonds is 11. The van der Waals surface area contributed by atoms with Crippen molar-refractivity contribution in [3.05, 3.63) is 70.2 Å². The number of carbonyl (C=O) groups is 1. The van der Waals surface area contributed by atoms with E-state index in [2.05, 4.69) is 20.5 Å². The molecular formula is C34H35Cl2N7O4. The lowest BCUT2D eigenvalue weighted by molar-refractivity contribution is -0.132. The van der Waals surface area contributed by atoms with E-state index in [-0.39, 0.29) is 11.9 Å². The summed E-state index contributed by atoms with van der Waals surface area (Å²) in [4.78, 5) is 32.8. The van der Waals surface area contributed by atoms with Gasteiger partial charge in [-0.1, -0.05) is 59.6 Å². The van der Waals surface area contributed by atoms with Crippen molar-refractivity contribution >= 4 is 29.1 Å². The first kappa shape index (κ1) is 31.7. The fourth-order valence-corrected chi connectivity index (χ4v) is 7.17. The molecule has 11 nitrogen and oxygen atoms in total. The molecule has 3 aliphatic heterocycles. The number of hydrogen-bond donors (Lipinski definition) is 2. The van der Waals surface area contributed by atoms with Crippen LogP contribution in [0.25, 0.3) is 33.6 Å². The molecule has 13 heteroatoms. The van der Waals surface area contributed by atoms with Crippen LogP contribution in [-0.4, -0.2) is 82.8 Å². The number of halogens is 2. The molecule has 3 unspecified atom stereocenters. The molecule has 0 aliphatic carbocycles. The van der Waals surface area contributed by atoms with Crippen molar-refractivity contribution in [3.8, 4) is 45.4 Å². The molecule has 3 atom stereocenters. The fraction of sp³-hybridized carbons (Fsp3) is 0.382. The molecular weight excluding hydrogens is 641 g/mol. The van der Waals surface area contributed by atoms with E-state index < -0.39 is 0 Å². The third-order valence-electron chi connectivity index (χ3n) is 9.05. The van der Waals surface area contributed by atoms with Crippen molar-refractivity contribution in [2.75, 3.05) is 34.0 Å². The van der Waals surface area contributed by atoms with E-state index in [1.807, 2.05) is 36.4 Å². The van der Waals surface area contributed by atoms with Crippen LogP contribution >= 0.6 is 23.2 Å². The van der Waals surface area contributed by atoms with Crippen LogP contribution in [0.3, 0.4) is 0 Å². The number of ether oxygens (including phenoxy) is 3. The number of nitrogens with one attached hydrogen (secondary N) is 2. The highest BCUT2D eigenvalue weighted by molar-refractivity contribution is 6.39. The minimum Gasteiger partial charge on any atom is -0.480 e. The van der Waals surface area contributed by atoms with E-state index in [4.69, 9.17) is 52.4 Å². The molecule has 0 radical (unpaired) electrons. The van der Waals surface area contributed by atoms with Crippen molar-refractivity contribution in [1.82, 2.24) is 35.5 Å². The van der Waals surface area contributed by atoms with E-state index in [1.54, 1.807) is 26.6 Å². The summed E-state index contributed by atoms with van der Waals surface area (Å²) in [6.07, 6.45) is 5.97. The van der Waals surface area contributed by atoms with E-state index in [0.717, 1.165) is 42.9 Å². The van der Waals surface area contributed by atoms with Crippen LogP contribution in [0.1, 0.15) is 30.7 Å². The molecule has 244 valence electrons. The summed E-state index contributed by atoms with van der Waals surface area (Å²) in [5, 5.41) is 7.26. The molecule has 1 amide bonds. The SMILES string of the molecule is COc1nc(-c2cccc(-c3cccc(-c4cnc(CN5C6COCC5C6)c(OC)n4)c3Cl)c2Cl)cnc1CNCC1CCC(=O)N1. The first-order valence-corrected chi connectivity index (χ1v) is 16.4. The number of fused-ring (bicyclic) bond motifs is 2. The summed E-state index contributed by atoms with van der Waals surface area (Å²) in [5.41, 5.74) is 5.51. The predicted molar refractivity (Wildman–Crippen MR) is 178 cm³/mol. The Labute approximate surface area is 283 Å². The van der Waals surface area contributed by atoms with Crippen LogP contribution in [-0.2, 0) is 22.6 Å². The molecule has 3 saturated heterocycles. The maximum atomic E-state index is 11.5. The molecule has 2 aromatic heterocycles. The van der Waals surface area contributed by atoms with Crippen LogP contribution in [0.15, 0.2) is 48.8 Å². The van der Waals surface area contributed by atoms with Gasteiger partial charge in [0.25, 0.3) is 0 Å². The van der Waals surface area contributed by atoms with Crippen LogP contribution < -0.4 is 20.1 Å². The Morgan fingerprint density at radius 1 is 0.894 bits per heavy atom. The summed E-state index contributed by atoms with van der Waals surface area (Å²) in [6, 6.07) is 12.4. The van der Waals surface area contributed by atoms with E-state index >= 15 is 0 Å². The molecule has 5 heterocycles. The number of amides is 1. The first-order valence-electron chi connectivity index (χ1n) is 15.6. The monoisotopic (exact) mass is 675 g/mol. The van der Waals surface area contributed by atoms with Crippen molar-refractivity contribution in [2.24, 2.45) is 0 Å². The maximum absolute atomic E-state index is 11.5. The smallest absolute Gasteiger partial charge is 0.237 e. The zero-order chi connectivity index (χ0) is 32.5. The zero-order valence-electron chi connectivity index (χ0n) is 26.1. The molecule has 4 aromatic rings. The lowest BCUT2D eigenvalue weighted by Gasteiger charge is -2.52. The molecule has 2 aromatic carbocycles. The minimum atomic E-state index is 0.0873. The van der Waals surface area contributed by atoms with Gasteiger partial charge in [0.05, 0.1) is 61.3 Å². The molecule has 2 N–H and O–H groups in total. The second-order valence-corrected chi connectivity index (χ2v) is 12.7. The van der Waals surface area contributed by atoms with Crippen LogP contribution in [0.5, 0.6) is 11.8 Å². The summed E-state index contributed by atoms with van der Waals surface area (Å²) in [5.74, 6) is 0.962. The van der Waals surface area contributed by atoms with Crippen molar-refractivity contribution in [2.45, 2.75) is 50.5 Å². The first-order chi connectivity index (χ1) is 22.9. The van der Waals surface area contributed by atoms with E-state index in [9.17, 15) is 4.79 Å². The van der Waals surface area contributed by atoms with Gasteiger partial charge in [-0.15, -0.1) is 0 Å². The Balaban J connectivity index is 1.12. The van der Waals surface area contributed by atoms with Crippen molar-refractivity contribution in [3.63, 3.8) is 0 Å². The molecule has 2 bridgehead atoms. The number of aromatic nitrogens is 4. The number of carbonyl (C=O) groups excluding carboxylic acids is 1. The highest BCUT2D eigenvalue weighted by Gasteiger charge is 2.42. The second kappa shape index (κ2) is 13.7. The van der Waals surface area contributed by atoms with Gasteiger partial charge in [-0.3, -0.25) is 19.7 Å². The number of hydrogen-bond acceptors (Lipinski definition) is 10. The molecule has 7 rings (SSSR count). The van der Waals surface area contributed by atoms with Crippen LogP contribution in [0, 0.1) is 0 Å². The Kier molecular flexibility index (Phi) is 9.24. The summed E-state index contributed by atoms with van der Waals surface area (Å²) in [6.45, 7) is 3.26. The van der Waals surface area contributed by atoms with Gasteiger partial charge in [-0.2, -0.15) is 0 Å². The van der Waals surface area contributed by atoms with Gasteiger partial charge in [0.15, 0.2) is 0 Å². The van der Waals surface area contributed by atoms with Gasteiger partial charge in [-0.25, -0.2) is 9.97 Å². The third-order valence-corrected chi connectivity index (χ3v) is 9.87. The average Bonchev–Trinajstić information content (AvgIpc) is 3.52. The lowest BCUT2D eigenvalue weighted by atomic mass is 9.91. The summed E-state index contributed by atoms with van der Waals surface area (Å²) in [7, 11) is 3.17. The van der Waals surface area contributed by atoms with E-state index in [0.29, 0.717) is 88.2 Å². The topological polar surface area (TPSA) is 124 Å². The van der Waals surface area contributed by atoms with Gasteiger partial charge in [0.2, 0.25) is 17.7 Å². The number of morpholine rings is 1. The van der Waals surface area contributed by atoms with Gasteiger partial charge < -0.3 is 24.8 Å². The van der Waals surface area contributed by atoms with E-state index in [1.165, 1.54) is 0 Å². The number of methoxy groups -OCH3 is 2. The highest BCUT2D eigenvalue weighted by atomic mass is 35.5. The maximum Gasteiger partial charge on any atom is 0.237 e.